The summed E-state index contributed by atoms with van der Waals surface area (Å²) in [5, 5.41) is 4.15. The van der Waals surface area contributed by atoms with Gasteiger partial charge in [0.1, 0.15) is 0 Å². The molecule has 3 heteroatoms. The largest absolute Gasteiger partial charge is 0.349 e. The van der Waals surface area contributed by atoms with Crippen molar-refractivity contribution in [3.05, 3.63) is 30.3 Å². The van der Waals surface area contributed by atoms with Crippen molar-refractivity contribution < 1.29 is 0 Å². The van der Waals surface area contributed by atoms with E-state index in [9.17, 15) is 0 Å². The maximum atomic E-state index is 5.42. The van der Waals surface area contributed by atoms with Gasteiger partial charge in [-0.3, -0.25) is 0 Å². The normalized spacial score (nSPS) is 20.6. The molecule has 0 amide bonds. The number of nitrogens with zero attached hydrogens (tertiary/aromatic N) is 1. The number of likely N-dealkylation sites (tertiary alicyclic amines) is 1. The first-order valence-corrected chi connectivity index (χ1v) is 6.27. The maximum absolute atomic E-state index is 5.42. The lowest BCUT2D eigenvalue weighted by atomic mass is 10.0. The molecule has 1 N–H and O–H groups in total. The molecule has 1 atom stereocenters. The van der Waals surface area contributed by atoms with Crippen LogP contribution in [0.3, 0.4) is 0 Å². The van der Waals surface area contributed by atoms with Crippen LogP contribution in [0.4, 0.5) is 5.69 Å². The summed E-state index contributed by atoms with van der Waals surface area (Å²) in [6.45, 7) is 4.46. The average molecular weight is 234 g/mol. The Bertz CT molecular complexity index is 350. The van der Waals surface area contributed by atoms with Crippen LogP contribution in [0.2, 0.25) is 0 Å². The van der Waals surface area contributed by atoms with Gasteiger partial charge in [-0.1, -0.05) is 25.1 Å². The van der Waals surface area contributed by atoms with Crippen LogP contribution in [-0.2, 0) is 0 Å². The van der Waals surface area contributed by atoms with Crippen molar-refractivity contribution in [2.24, 2.45) is 5.92 Å². The van der Waals surface area contributed by atoms with Gasteiger partial charge in [0, 0.05) is 18.8 Å². The molecule has 0 spiro atoms. The fourth-order valence-corrected chi connectivity index (χ4v) is 2.38. The van der Waals surface area contributed by atoms with Gasteiger partial charge in [0.2, 0.25) is 0 Å². The fourth-order valence-electron chi connectivity index (χ4n) is 2.10. The van der Waals surface area contributed by atoms with Gasteiger partial charge in [-0.05, 0) is 43.1 Å². The summed E-state index contributed by atoms with van der Waals surface area (Å²) >= 11 is 5.42. The molecule has 1 saturated heterocycles. The third-order valence-electron chi connectivity index (χ3n) is 2.97. The van der Waals surface area contributed by atoms with E-state index in [0.29, 0.717) is 0 Å². The van der Waals surface area contributed by atoms with Crippen molar-refractivity contribution in [3.8, 4) is 0 Å². The molecule has 1 aliphatic heterocycles. The molecule has 2 nitrogen and oxygen atoms in total. The lowest BCUT2D eigenvalue weighted by Gasteiger charge is -2.33. The van der Waals surface area contributed by atoms with Crippen molar-refractivity contribution >= 4 is 23.0 Å². The molecule has 1 heterocycles. The van der Waals surface area contributed by atoms with E-state index in [4.69, 9.17) is 12.2 Å². The quantitative estimate of drug-likeness (QED) is 0.752. The van der Waals surface area contributed by atoms with Crippen LogP contribution >= 0.6 is 12.2 Å². The lowest BCUT2D eigenvalue weighted by molar-refractivity contribution is 0.276. The SMILES string of the molecule is C[C@@H]1CCCN(C(=S)Nc2ccccc2)C1. The monoisotopic (exact) mass is 234 g/mol. The third-order valence-corrected chi connectivity index (χ3v) is 3.33. The Morgan fingerprint density at radius 3 is 2.81 bits per heavy atom. The van der Waals surface area contributed by atoms with Gasteiger partial charge in [-0.25, -0.2) is 0 Å². The number of piperidine rings is 1. The van der Waals surface area contributed by atoms with Gasteiger partial charge in [0.15, 0.2) is 5.11 Å². The van der Waals surface area contributed by atoms with Crippen LogP contribution in [0.15, 0.2) is 30.3 Å². The predicted molar refractivity (Wildman–Crippen MR) is 72.6 cm³/mol. The van der Waals surface area contributed by atoms with Crippen LogP contribution in [-0.4, -0.2) is 23.1 Å². The molecule has 1 aromatic rings. The number of thiocarbonyl (C=S) groups is 1. The zero-order valence-corrected chi connectivity index (χ0v) is 10.5. The second kappa shape index (κ2) is 5.30. The topological polar surface area (TPSA) is 15.3 Å². The predicted octanol–water partition coefficient (Wildman–Crippen LogP) is 3.12. The second-order valence-corrected chi connectivity index (χ2v) is 4.88. The molecule has 0 saturated carbocycles. The number of rotatable bonds is 1. The molecular weight excluding hydrogens is 216 g/mol. The minimum absolute atomic E-state index is 0.754. The average Bonchev–Trinajstić information content (AvgIpc) is 2.30. The highest BCUT2D eigenvalue weighted by Gasteiger charge is 2.18. The lowest BCUT2D eigenvalue weighted by Crippen LogP contribution is -2.41. The summed E-state index contributed by atoms with van der Waals surface area (Å²) in [6.07, 6.45) is 2.57. The Morgan fingerprint density at radius 2 is 2.12 bits per heavy atom. The van der Waals surface area contributed by atoms with Gasteiger partial charge < -0.3 is 10.2 Å². The van der Waals surface area contributed by atoms with Crippen LogP contribution in [0.5, 0.6) is 0 Å². The first-order valence-electron chi connectivity index (χ1n) is 5.86. The highest BCUT2D eigenvalue weighted by atomic mass is 32.1. The molecule has 1 fully saturated rings. The molecule has 86 valence electrons. The van der Waals surface area contributed by atoms with E-state index in [1.54, 1.807) is 0 Å². The maximum Gasteiger partial charge on any atom is 0.173 e. The van der Waals surface area contributed by atoms with Gasteiger partial charge in [0.25, 0.3) is 0 Å². The number of benzene rings is 1. The molecule has 1 aliphatic rings. The second-order valence-electron chi connectivity index (χ2n) is 4.49. The molecule has 2 rings (SSSR count). The summed E-state index contributed by atoms with van der Waals surface area (Å²) in [5.41, 5.74) is 1.07. The van der Waals surface area contributed by atoms with Gasteiger partial charge in [0.05, 0.1) is 0 Å². The molecular formula is C13H18N2S. The van der Waals surface area contributed by atoms with E-state index < -0.39 is 0 Å². The zero-order chi connectivity index (χ0) is 11.4. The van der Waals surface area contributed by atoms with Crippen LogP contribution in [0, 0.1) is 5.92 Å². The Hall–Kier alpha value is -1.09. The standard InChI is InChI=1S/C13H18N2S/c1-11-6-5-9-15(10-11)13(16)14-12-7-3-2-4-8-12/h2-4,7-8,11H,5-6,9-10H2,1H3,(H,14,16)/t11-/m1/s1. The van der Waals surface area contributed by atoms with Crippen molar-refractivity contribution in [1.82, 2.24) is 4.90 Å². The smallest absolute Gasteiger partial charge is 0.173 e. The number of hydrogen-bond donors (Lipinski definition) is 1. The Labute approximate surface area is 103 Å². The van der Waals surface area contributed by atoms with E-state index in [0.717, 1.165) is 29.8 Å². The Balaban J connectivity index is 1.93. The van der Waals surface area contributed by atoms with Gasteiger partial charge in [-0.2, -0.15) is 0 Å². The van der Waals surface area contributed by atoms with Crippen LogP contribution in [0.1, 0.15) is 19.8 Å². The number of nitrogens with one attached hydrogen (secondary N) is 1. The summed E-state index contributed by atoms with van der Waals surface area (Å²) < 4.78 is 0. The molecule has 0 radical (unpaired) electrons. The van der Waals surface area contributed by atoms with Crippen molar-refractivity contribution in [2.75, 3.05) is 18.4 Å². The first kappa shape index (κ1) is 11.4. The Morgan fingerprint density at radius 1 is 1.38 bits per heavy atom. The van der Waals surface area contributed by atoms with Crippen molar-refractivity contribution in [3.63, 3.8) is 0 Å². The van der Waals surface area contributed by atoms with Crippen molar-refractivity contribution in [1.29, 1.82) is 0 Å². The number of hydrogen-bond acceptors (Lipinski definition) is 1. The third kappa shape index (κ3) is 2.95. The van der Waals surface area contributed by atoms with Crippen LogP contribution in [0.25, 0.3) is 0 Å². The highest BCUT2D eigenvalue weighted by Crippen LogP contribution is 2.16. The first-order chi connectivity index (χ1) is 7.75. The number of anilines is 1. The van der Waals surface area contributed by atoms with Crippen LogP contribution < -0.4 is 5.32 Å². The number of para-hydroxylation sites is 1. The molecule has 0 unspecified atom stereocenters. The molecule has 0 aromatic heterocycles. The van der Waals surface area contributed by atoms with Gasteiger partial charge >= 0.3 is 0 Å². The summed E-state index contributed by atoms with van der Waals surface area (Å²) in [7, 11) is 0. The summed E-state index contributed by atoms with van der Waals surface area (Å²) in [5.74, 6) is 0.754. The van der Waals surface area contributed by atoms with E-state index >= 15 is 0 Å². The molecule has 16 heavy (non-hydrogen) atoms. The van der Waals surface area contributed by atoms with Gasteiger partial charge in [-0.15, -0.1) is 0 Å². The summed E-state index contributed by atoms with van der Waals surface area (Å²) in [6, 6.07) is 10.1. The van der Waals surface area contributed by atoms with E-state index in [1.165, 1.54) is 12.8 Å². The van der Waals surface area contributed by atoms with E-state index in [-0.39, 0.29) is 0 Å². The Kier molecular flexibility index (Phi) is 3.78. The summed E-state index contributed by atoms with van der Waals surface area (Å²) in [4.78, 5) is 2.27. The molecule has 1 aromatic carbocycles. The minimum Gasteiger partial charge on any atom is -0.349 e. The molecule has 0 bridgehead atoms. The zero-order valence-electron chi connectivity index (χ0n) is 9.65. The van der Waals surface area contributed by atoms with E-state index in [1.807, 2.05) is 30.3 Å². The van der Waals surface area contributed by atoms with E-state index in [2.05, 4.69) is 17.1 Å². The minimum atomic E-state index is 0.754. The molecule has 0 aliphatic carbocycles. The highest BCUT2D eigenvalue weighted by molar-refractivity contribution is 7.80. The van der Waals surface area contributed by atoms with Crippen molar-refractivity contribution in [2.45, 2.75) is 19.8 Å². The fraction of sp³-hybridized carbons (Fsp3) is 0.462.